The van der Waals surface area contributed by atoms with Crippen LogP contribution in [0, 0.1) is 17.0 Å². The van der Waals surface area contributed by atoms with Gasteiger partial charge in [0.2, 0.25) is 11.7 Å². The number of aliphatic hydroxyl groups excluding tert-OH is 1. The van der Waals surface area contributed by atoms with Gasteiger partial charge in [-0.1, -0.05) is 13.8 Å². The summed E-state index contributed by atoms with van der Waals surface area (Å²) in [6.07, 6.45) is 0.271. The molecule has 122 valence electrons. The Morgan fingerprint density at radius 1 is 1.27 bits per heavy atom. The highest BCUT2D eigenvalue weighted by atomic mass is 19.1. The Labute approximate surface area is 127 Å². The fourth-order valence-corrected chi connectivity index (χ4v) is 1.77. The lowest BCUT2D eigenvalue weighted by atomic mass is 9.88. The molecular weight excluding hydrogens is 296 g/mol. The van der Waals surface area contributed by atoms with Crippen molar-refractivity contribution in [2.45, 2.75) is 33.7 Å². The lowest BCUT2D eigenvalue weighted by molar-refractivity contribution is -0.132. The summed E-state index contributed by atoms with van der Waals surface area (Å²) in [6, 6.07) is 1.97. The number of hydrogen-bond acceptors (Lipinski definition) is 4. The predicted molar refractivity (Wildman–Crippen MR) is 75.0 cm³/mol. The zero-order valence-electron chi connectivity index (χ0n) is 12.7. The molecule has 2 N–H and O–H groups in total. The third-order valence-electron chi connectivity index (χ3n) is 3.11. The van der Waals surface area contributed by atoms with Gasteiger partial charge < -0.3 is 15.2 Å². The Morgan fingerprint density at radius 3 is 2.27 bits per heavy atom. The summed E-state index contributed by atoms with van der Waals surface area (Å²) >= 11 is 0. The quantitative estimate of drug-likeness (QED) is 0.621. The fraction of sp³-hybridized carbons (Fsp3) is 0.467. The summed E-state index contributed by atoms with van der Waals surface area (Å²) in [5.41, 5.74) is -0.595. The van der Waals surface area contributed by atoms with Crippen molar-refractivity contribution < 1.29 is 28.2 Å². The van der Waals surface area contributed by atoms with Gasteiger partial charge in [-0.3, -0.25) is 9.59 Å². The van der Waals surface area contributed by atoms with E-state index in [1.54, 1.807) is 13.8 Å². The van der Waals surface area contributed by atoms with E-state index in [-0.39, 0.29) is 31.0 Å². The number of amides is 1. The van der Waals surface area contributed by atoms with Crippen molar-refractivity contribution in [3.63, 3.8) is 0 Å². The van der Waals surface area contributed by atoms with Crippen LogP contribution in [0.2, 0.25) is 0 Å². The molecule has 1 aromatic carbocycles. The molecule has 5 nitrogen and oxygen atoms in total. The molecule has 0 aliphatic heterocycles. The molecule has 0 fully saturated rings. The number of hydrogen-bond donors (Lipinski definition) is 2. The van der Waals surface area contributed by atoms with Gasteiger partial charge in [0.25, 0.3) is 0 Å². The molecular formula is C15H19F2NO4. The second-order valence-electron chi connectivity index (χ2n) is 5.52. The van der Waals surface area contributed by atoms with Crippen LogP contribution in [0.15, 0.2) is 12.1 Å². The number of esters is 1. The normalized spacial score (nSPS) is 11.2. The Morgan fingerprint density at radius 2 is 1.82 bits per heavy atom. The largest absolute Gasteiger partial charge is 0.420 e. The van der Waals surface area contributed by atoms with Crippen LogP contribution in [-0.4, -0.2) is 23.6 Å². The van der Waals surface area contributed by atoms with Crippen molar-refractivity contribution in [3.8, 4) is 5.75 Å². The van der Waals surface area contributed by atoms with Crippen molar-refractivity contribution in [3.05, 3.63) is 29.3 Å². The molecule has 0 saturated heterocycles. The summed E-state index contributed by atoms with van der Waals surface area (Å²) in [6.45, 7) is 4.13. The monoisotopic (exact) mass is 315 g/mol. The van der Waals surface area contributed by atoms with E-state index in [0.717, 1.165) is 19.1 Å². The highest BCUT2D eigenvalue weighted by Crippen LogP contribution is 2.24. The molecule has 0 radical (unpaired) electrons. The first-order chi connectivity index (χ1) is 10.2. The molecule has 0 aliphatic carbocycles. The van der Waals surface area contributed by atoms with Gasteiger partial charge in [-0.15, -0.1) is 0 Å². The van der Waals surface area contributed by atoms with E-state index in [4.69, 9.17) is 5.11 Å². The summed E-state index contributed by atoms with van der Waals surface area (Å²) in [7, 11) is 0. The number of nitrogens with one attached hydrogen (secondary N) is 1. The van der Waals surface area contributed by atoms with Gasteiger partial charge >= 0.3 is 5.97 Å². The van der Waals surface area contributed by atoms with E-state index in [0.29, 0.717) is 0 Å². The van der Waals surface area contributed by atoms with E-state index in [1.807, 2.05) is 0 Å². The molecule has 0 aliphatic rings. The highest BCUT2D eigenvalue weighted by Gasteiger charge is 2.26. The minimum atomic E-state index is -1.02. The minimum absolute atomic E-state index is 0.0815. The molecule has 22 heavy (non-hydrogen) atoms. The third-order valence-corrected chi connectivity index (χ3v) is 3.11. The maximum atomic E-state index is 13.7. The zero-order valence-corrected chi connectivity index (χ0v) is 12.7. The predicted octanol–water partition coefficient (Wildman–Crippen LogP) is 1.91. The molecule has 0 aromatic heterocycles. The van der Waals surface area contributed by atoms with Gasteiger partial charge in [0.05, 0.1) is 0 Å². The van der Waals surface area contributed by atoms with E-state index in [1.165, 1.54) is 0 Å². The second kappa shape index (κ2) is 7.31. The molecule has 1 aromatic rings. The smallest absolute Gasteiger partial charge is 0.308 e. The molecule has 0 atom stereocenters. The maximum absolute atomic E-state index is 13.7. The molecule has 0 unspecified atom stereocenters. The summed E-state index contributed by atoms with van der Waals surface area (Å²) in [5, 5.41) is 11.4. The van der Waals surface area contributed by atoms with Crippen molar-refractivity contribution in [1.82, 2.24) is 5.32 Å². The molecule has 7 heteroatoms. The lowest BCUT2D eigenvalue weighted by Gasteiger charge is -2.22. The number of halogens is 2. The van der Waals surface area contributed by atoms with E-state index in [2.05, 4.69) is 10.1 Å². The van der Waals surface area contributed by atoms with Crippen molar-refractivity contribution in [1.29, 1.82) is 0 Å². The first-order valence-electron chi connectivity index (χ1n) is 6.73. The molecule has 1 amide bonds. The van der Waals surface area contributed by atoms with Crippen LogP contribution in [0.3, 0.4) is 0 Å². The van der Waals surface area contributed by atoms with Gasteiger partial charge in [-0.05, 0) is 24.1 Å². The average molecular weight is 315 g/mol. The Kier molecular flexibility index (Phi) is 5.99. The van der Waals surface area contributed by atoms with Gasteiger partial charge in [0.1, 0.15) is 0 Å². The number of carbonyl (C=O) groups excluding carboxylic acids is 2. The zero-order chi connectivity index (χ0) is 16.9. The van der Waals surface area contributed by atoms with Gasteiger partial charge in [0.15, 0.2) is 11.6 Å². The summed E-state index contributed by atoms with van der Waals surface area (Å²) < 4.78 is 31.8. The second-order valence-corrected chi connectivity index (χ2v) is 5.52. The van der Waals surface area contributed by atoms with Crippen LogP contribution >= 0.6 is 0 Å². The molecule has 1 rings (SSSR count). The maximum Gasteiger partial charge on any atom is 0.308 e. The molecule has 0 saturated carbocycles. The topological polar surface area (TPSA) is 75.6 Å². The Hall–Kier alpha value is -2.02. The fourth-order valence-electron chi connectivity index (χ4n) is 1.77. The minimum Gasteiger partial charge on any atom is -0.420 e. The summed E-state index contributed by atoms with van der Waals surface area (Å²) in [4.78, 5) is 22.7. The van der Waals surface area contributed by atoms with E-state index in [9.17, 15) is 18.4 Å². The third kappa shape index (κ3) is 4.77. The van der Waals surface area contributed by atoms with Crippen LogP contribution < -0.4 is 10.1 Å². The molecule has 0 spiro atoms. The van der Waals surface area contributed by atoms with Gasteiger partial charge in [-0.25, -0.2) is 8.78 Å². The van der Waals surface area contributed by atoms with Crippen molar-refractivity contribution in [2.24, 2.45) is 5.41 Å². The Bertz CT molecular complexity index is 550. The summed E-state index contributed by atoms with van der Waals surface area (Å²) in [5.74, 6) is -3.97. The molecule has 0 bridgehead atoms. The van der Waals surface area contributed by atoms with E-state index < -0.39 is 28.8 Å². The van der Waals surface area contributed by atoms with Crippen LogP contribution in [-0.2, 0) is 16.1 Å². The standard InChI is InChI=1S/C15H19F2NO4/c1-9(20)22-13-11(16)6-10(7-12(13)17)8-18-14(21)15(2,3)4-5-19/h6-7,19H,4-5,8H2,1-3H3,(H,18,21). The van der Waals surface area contributed by atoms with Crippen molar-refractivity contribution >= 4 is 11.9 Å². The number of ether oxygens (including phenoxy) is 1. The van der Waals surface area contributed by atoms with Crippen LogP contribution in [0.1, 0.15) is 32.8 Å². The van der Waals surface area contributed by atoms with Crippen LogP contribution in [0.4, 0.5) is 8.78 Å². The molecule has 0 heterocycles. The number of rotatable bonds is 6. The van der Waals surface area contributed by atoms with Crippen LogP contribution in [0.25, 0.3) is 0 Å². The SMILES string of the molecule is CC(=O)Oc1c(F)cc(CNC(=O)C(C)(C)CCO)cc1F. The number of carbonyl (C=O) groups is 2. The number of aliphatic hydroxyl groups is 1. The van der Waals surface area contributed by atoms with E-state index >= 15 is 0 Å². The Balaban J connectivity index is 2.80. The van der Waals surface area contributed by atoms with Crippen LogP contribution in [0.5, 0.6) is 5.75 Å². The van der Waals surface area contributed by atoms with Crippen molar-refractivity contribution in [2.75, 3.05) is 6.61 Å². The first kappa shape index (κ1) is 18.0. The van der Waals surface area contributed by atoms with Gasteiger partial charge in [-0.2, -0.15) is 0 Å². The van der Waals surface area contributed by atoms with Gasteiger partial charge in [0, 0.05) is 25.5 Å². The first-order valence-corrected chi connectivity index (χ1v) is 6.73. The lowest BCUT2D eigenvalue weighted by Crippen LogP contribution is -2.37. The highest BCUT2D eigenvalue weighted by molar-refractivity contribution is 5.81. The average Bonchev–Trinajstić information content (AvgIpc) is 2.39. The number of benzene rings is 1.